The summed E-state index contributed by atoms with van der Waals surface area (Å²) in [7, 11) is 1.60. The molecule has 0 N–H and O–H groups in total. The Morgan fingerprint density at radius 1 is 0.857 bits per heavy atom. The van der Waals surface area contributed by atoms with Crippen molar-refractivity contribution in [1.82, 2.24) is 19.9 Å². The van der Waals surface area contributed by atoms with E-state index in [2.05, 4.69) is 49.0 Å². The molecule has 28 heavy (non-hydrogen) atoms. The van der Waals surface area contributed by atoms with Gasteiger partial charge < -0.3 is 14.5 Å². The smallest absolute Gasteiger partial charge is 0.233 e. The van der Waals surface area contributed by atoms with Crippen LogP contribution >= 0.6 is 11.8 Å². The molecule has 0 bridgehead atoms. The number of thioether (sulfide) groups is 1. The molecule has 0 unspecified atom stereocenters. The van der Waals surface area contributed by atoms with Crippen LogP contribution in [0.4, 0.5) is 11.6 Å². The minimum absolute atomic E-state index is 0.536. The van der Waals surface area contributed by atoms with E-state index in [4.69, 9.17) is 9.72 Å². The highest BCUT2D eigenvalue weighted by Crippen LogP contribution is 2.23. The first-order valence-corrected chi connectivity index (χ1v) is 10.1. The number of ether oxygens (including phenoxy) is 1. The molecule has 0 atom stereocenters. The predicted octanol–water partition coefficient (Wildman–Crippen LogP) is 2.89. The zero-order chi connectivity index (χ0) is 19.2. The third-order valence-corrected chi connectivity index (χ3v) is 5.54. The van der Waals surface area contributed by atoms with E-state index in [1.165, 1.54) is 5.56 Å². The number of aromatic nitrogens is 4. The summed E-state index contributed by atoms with van der Waals surface area (Å²) < 4.78 is 5.17. The summed E-state index contributed by atoms with van der Waals surface area (Å²) in [5.41, 5.74) is 1.28. The highest BCUT2D eigenvalue weighted by atomic mass is 32.2. The number of anilines is 2. The number of hydrogen-bond donors (Lipinski definition) is 0. The minimum Gasteiger partial charge on any atom is -0.480 e. The number of rotatable bonds is 6. The molecule has 1 aromatic carbocycles. The van der Waals surface area contributed by atoms with E-state index in [9.17, 15) is 0 Å². The largest absolute Gasteiger partial charge is 0.480 e. The zero-order valence-corrected chi connectivity index (χ0v) is 16.5. The van der Waals surface area contributed by atoms with Crippen LogP contribution in [0.5, 0.6) is 5.88 Å². The van der Waals surface area contributed by atoms with Crippen molar-refractivity contribution in [2.45, 2.75) is 10.8 Å². The van der Waals surface area contributed by atoms with E-state index in [0.717, 1.165) is 48.6 Å². The molecule has 3 aromatic rings. The van der Waals surface area contributed by atoms with Gasteiger partial charge >= 0.3 is 0 Å². The van der Waals surface area contributed by atoms with Gasteiger partial charge in [-0.1, -0.05) is 30.3 Å². The van der Waals surface area contributed by atoms with E-state index in [1.54, 1.807) is 31.3 Å². The minimum atomic E-state index is 0.536. The van der Waals surface area contributed by atoms with E-state index in [-0.39, 0.29) is 0 Å². The summed E-state index contributed by atoms with van der Waals surface area (Å²) in [6, 6.07) is 10.4. The molecule has 0 radical (unpaired) electrons. The first-order valence-electron chi connectivity index (χ1n) is 9.16. The van der Waals surface area contributed by atoms with Crippen LogP contribution in [0.1, 0.15) is 5.56 Å². The van der Waals surface area contributed by atoms with Crippen molar-refractivity contribution in [3.8, 4) is 5.88 Å². The summed E-state index contributed by atoms with van der Waals surface area (Å²) >= 11 is 1.71. The fraction of sp³-hybridized carbons (Fsp3) is 0.300. The summed E-state index contributed by atoms with van der Waals surface area (Å²) in [5, 5.41) is 0.947. The second-order valence-electron chi connectivity index (χ2n) is 6.38. The highest BCUT2D eigenvalue weighted by Gasteiger charge is 2.20. The first kappa shape index (κ1) is 18.5. The van der Waals surface area contributed by atoms with Crippen molar-refractivity contribution in [3.05, 3.63) is 60.7 Å². The van der Waals surface area contributed by atoms with Crippen LogP contribution in [0.25, 0.3) is 0 Å². The second kappa shape index (κ2) is 8.88. The average molecular weight is 395 g/mol. The Kier molecular flexibility index (Phi) is 5.86. The van der Waals surface area contributed by atoms with Crippen molar-refractivity contribution in [2.75, 3.05) is 43.1 Å². The molecular weight excluding hydrogens is 372 g/mol. The average Bonchev–Trinajstić information content (AvgIpc) is 2.79. The third kappa shape index (κ3) is 4.51. The number of benzene rings is 1. The molecule has 3 heterocycles. The Balaban J connectivity index is 1.36. The van der Waals surface area contributed by atoms with E-state index in [0.29, 0.717) is 5.88 Å². The maximum atomic E-state index is 5.17. The summed E-state index contributed by atoms with van der Waals surface area (Å²) in [6.45, 7) is 3.43. The van der Waals surface area contributed by atoms with Crippen LogP contribution in [0, 0.1) is 0 Å². The molecule has 1 saturated heterocycles. The third-order valence-electron chi connectivity index (χ3n) is 4.57. The van der Waals surface area contributed by atoms with Gasteiger partial charge in [0.15, 0.2) is 5.82 Å². The Labute approximate surface area is 168 Å². The highest BCUT2D eigenvalue weighted by molar-refractivity contribution is 7.98. The number of piperazine rings is 1. The van der Waals surface area contributed by atoms with Crippen LogP contribution in [0.3, 0.4) is 0 Å². The Bertz CT molecular complexity index is 902. The maximum absolute atomic E-state index is 5.17. The lowest BCUT2D eigenvalue weighted by atomic mass is 10.2. The quantitative estimate of drug-likeness (QED) is 0.591. The lowest BCUT2D eigenvalue weighted by Gasteiger charge is -2.35. The van der Waals surface area contributed by atoms with Crippen LogP contribution in [0.15, 0.2) is 60.1 Å². The van der Waals surface area contributed by atoms with Gasteiger partial charge in [0.2, 0.25) is 5.88 Å². The molecule has 2 aromatic heterocycles. The maximum Gasteiger partial charge on any atom is 0.233 e. The van der Waals surface area contributed by atoms with Gasteiger partial charge in [0.05, 0.1) is 31.9 Å². The van der Waals surface area contributed by atoms with Gasteiger partial charge in [-0.3, -0.25) is 9.97 Å². The fourth-order valence-corrected chi connectivity index (χ4v) is 3.85. The van der Waals surface area contributed by atoms with Crippen LogP contribution in [-0.2, 0) is 5.75 Å². The van der Waals surface area contributed by atoms with Gasteiger partial charge in [-0.2, -0.15) is 4.98 Å². The van der Waals surface area contributed by atoms with Crippen molar-refractivity contribution in [2.24, 2.45) is 0 Å². The number of hydrogen-bond acceptors (Lipinski definition) is 8. The van der Waals surface area contributed by atoms with Gasteiger partial charge in [0.25, 0.3) is 0 Å². The van der Waals surface area contributed by atoms with Crippen molar-refractivity contribution in [3.63, 3.8) is 0 Å². The Hall–Kier alpha value is -2.87. The standard InChI is InChI=1S/C20H22N6OS/c1-27-19-13-21-11-17(23-19)25-7-9-26(10-8-25)18-12-22-14-20(24-18)28-15-16-5-3-2-4-6-16/h2-6,11-14H,7-10,15H2,1H3. The molecule has 1 fully saturated rings. The topological polar surface area (TPSA) is 67.3 Å². The van der Waals surface area contributed by atoms with Crippen LogP contribution in [-0.4, -0.2) is 53.2 Å². The summed E-state index contributed by atoms with van der Waals surface area (Å²) in [4.78, 5) is 22.3. The number of methoxy groups -OCH3 is 1. The monoisotopic (exact) mass is 394 g/mol. The van der Waals surface area contributed by atoms with Crippen molar-refractivity contribution in [1.29, 1.82) is 0 Å². The van der Waals surface area contributed by atoms with Gasteiger partial charge in [-0.25, -0.2) is 4.98 Å². The van der Waals surface area contributed by atoms with Crippen molar-refractivity contribution < 1.29 is 4.74 Å². The molecule has 4 rings (SSSR count). The molecule has 0 aliphatic carbocycles. The van der Waals surface area contributed by atoms with Gasteiger partial charge in [0.1, 0.15) is 10.8 Å². The van der Waals surface area contributed by atoms with Crippen molar-refractivity contribution >= 4 is 23.4 Å². The summed E-state index contributed by atoms with van der Waals surface area (Å²) in [6.07, 6.45) is 7.07. The zero-order valence-electron chi connectivity index (χ0n) is 15.7. The van der Waals surface area contributed by atoms with Crippen LogP contribution in [0.2, 0.25) is 0 Å². The lowest BCUT2D eigenvalue weighted by molar-refractivity contribution is 0.395. The molecule has 8 heteroatoms. The summed E-state index contributed by atoms with van der Waals surface area (Å²) in [5.74, 6) is 3.20. The molecule has 144 valence electrons. The van der Waals surface area contributed by atoms with E-state index >= 15 is 0 Å². The van der Waals surface area contributed by atoms with Crippen LogP contribution < -0.4 is 14.5 Å². The molecule has 1 aliphatic rings. The molecule has 1 aliphatic heterocycles. The molecule has 0 amide bonds. The van der Waals surface area contributed by atoms with Gasteiger partial charge in [-0.05, 0) is 5.56 Å². The Morgan fingerprint density at radius 3 is 2.18 bits per heavy atom. The molecular formula is C20H22N6OS. The number of nitrogens with zero attached hydrogens (tertiary/aromatic N) is 6. The fourth-order valence-electron chi connectivity index (χ4n) is 3.05. The van der Waals surface area contributed by atoms with E-state index in [1.807, 2.05) is 18.5 Å². The van der Waals surface area contributed by atoms with E-state index < -0.39 is 0 Å². The molecule has 0 spiro atoms. The second-order valence-corrected chi connectivity index (χ2v) is 7.38. The molecule has 7 nitrogen and oxygen atoms in total. The van der Waals surface area contributed by atoms with Gasteiger partial charge in [-0.15, -0.1) is 11.8 Å². The molecule has 0 saturated carbocycles. The normalized spacial score (nSPS) is 14.2. The van der Waals surface area contributed by atoms with Gasteiger partial charge in [0, 0.05) is 31.9 Å². The first-order chi connectivity index (χ1) is 13.8. The lowest BCUT2D eigenvalue weighted by Crippen LogP contribution is -2.47. The predicted molar refractivity (Wildman–Crippen MR) is 111 cm³/mol. The Morgan fingerprint density at radius 2 is 1.50 bits per heavy atom. The SMILES string of the molecule is COc1cncc(N2CCN(c3cncc(SCc4ccccc4)n3)CC2)n1.